The van der Waals surface area contributed by atoms with Crippen LogP contribution in [-0.2, 0) is 0 Å². The fourth-order valence-electron chi connectivity index (χ4n) is 0.333. The summed E-state index contributed by atoms with van der Waals surface area (Å²) < 4.78 is 0. The van der Waals surface area contributed by atoms with E-state index in [2.05, 4.69) is 31.7 Å². The molecule has 0 fully saturated rings. The normalized spacial score (nSPS) is 9.86. The molecular formula is C7H11. The Morgan fingerprint density at radius 2 is 2.29 bits per heavy atom. The molecule has 0 nitrogen and oxygen atoms in total. The predicted molar refractivity (Wildman–Crippen MR) is 32.9 cm³/mol. The standard InChI is InChI=1S/C7H11/c1-3-5-7-6-4-2/h6-7H,1,4-5H2,2H3/b7-6+. The van der Waals surface area contributed by atoms with Crippen LogP contribution in [0.5, 0.6) is 0 Å². The molecule has 0 saturated carbocycles. The minimum Gasteiger partial charge on any atom is -0.0953 e. The van der Waals surface area contributed by atoms with Crippen molar-refractivity contribution in [3.8, 4) is 0 Å². The lowest BCUT2D eigenvalue weighted by molar-refractivity contribution is 1.19. The van der Waals surface area contributed by atoms with Crippen molar-refractivity contribution in [3.63, 3.8) is 0 Å². The first-order valence-corrected chi connectivity index (χ1v) is 2.56. The second-order valence-corrected chi connectivity index (χ2v) is 1.33. The molecule has 0 aromatic rings. The van der Waals surface area contributed by atoms with Gasteiger partial charge in [-0.3, -0.25) is 0 Å². The number of rotatable bonds is 3. The Labute approximate surface area is 45.5 Å². The first-order valence-electron chi connectivity index (χ1n) is 2.56. The van der Waals surface area contributed by atoms with Crippen molar-refractivity contribution in [3.05, 3.63) is 24.8 Å². The van der Waals surface area contributed by atoms with Crippen molar-refractivity contribution in [1.82, 2.24) is 0 Å². The summed E-state index contributed by atoms with van der Waals surface area (Å²) in [6, 6.07) is 0. The van der Waals surface area contributed by atoms with Gasteiger partial charge in [-0.1, -0.05) is 25.7 Å². The molecular weight excluding hydrogens is 84.1 g/mol. The fourth-order valence-corrected chi connectivity index (χ4v) is 0.333. The Balaban J connectivity index is 2.92. The lowest BCUT2D eigenvalue weighted by Gasteiger charge is -1.74. The molecule has 0 heteroatoms. The van der Waals surface area contributed by atoms with Crippen LogP contribution in [0, 0.1) is 6.08 Å². The summed E-state index contributed by atoms with van der Waals surface area (Å²) in [7, 11) is 0. The van der Waals surface area contributed by atoms with Crippen LogP contribution in [0.2, 0.25) is 0 Å². The molecule has 39 valence electrons. The van der Waals surface area contributed by atoms with E-state index in [1.807, 2.05) is 0 Å². The first kappa shape index (κ1) is 6.48. The van der Waals surface area contributed by atoms with Gasteiger partial charge in [0.15, 0.2) is 0 Å². The summed E-state index contributed by atoms with van der Waals surface area (Å²) in [5.74, 6) is 0. The van der Waals surface area contributed by atoms with E-state index in [0.29, 0.717) is 0 Å². The third kappa shape index (κ3) is 5.48. The lowest BCUT2D eigenvalue weighted by atomic mass is 10.3. The highest BCUT2D eigenvalue weighted by Gasteiger charge is 1.63. The van der Waals surface area contributed by atoms with Gasteiger partial charge in [0, 0.05) is 0 Å². The number of hydrogen-bond acceptors (Lipinski definition) is 0. The molecule has 0 heterocycles. The van der Waals surface area contributed by atoms with Crippen LogP contribution in [-0.4, -0.2) is 0 Å². The third-order valence-corrected chi connectivity index (χ3v) is 0.665. The monoisotopic (exact) mass is 95.1 g/mol. The first-order chi connectivity index (χ1) is 3.41. The molecule has 0 aliphatic heterocycles. The molecule has 7 heavy (non-hydrogen) atoms. The van der Waals surface area contributed by atoms with Gasteiger partial charge in [-0.15, -0.1) is 0 Å². The van der Waals surface area contributed by atoms with Crippen molar-refractivity contribution in [2.24, 2.45) is 0 Å². The Morgan fingerprint density at radius 3 is 2.71 bits per heavy atom. The topological polar surface area (TPSA) is 0 Å². The minimum atomic E-state index is 0.883. The Kier molecular flexibility index (Phi) is 5.07. The van der Waals surface area contributed by atoms with Crippen LogP contribution >= 0.6 is 0 Å². The highest BCUT2D eigenvalue weighted by atomic mass is 13.7. The van der Waals surface area contributed by atoms with E-state index in [1.165, 1.54) is 0 Å². The van der Waals surface area contributed by atoms with Crippen molar-refractivity contribution in [1.29, 1.82) is 0 Å². The zero-order chi connectivity index (χ0) is 5.54. The maximum Gasteiger partial charge on any atom is -0.0101 e. The van der Waals surface area contributed by atoms with E-state index in [-0.39, 0.29) is 0 Å². The average Bonchev–Trinajstić information content (AvgIpc) is 1.69. The largest absolute Gasteiger partial charge is 0.0953 e. The maximum atomic E-state index is 3.46. The van der Waals surface area contributed by atoms with Gasteiger partial charge in [-0.05, 0) is 18.9 Å². The molecule has 0 aromatic carbocycles. The van der Waals surface area contributed by atoms with Gasteiger partial charge in [0.25, 0.3) is 0 Å². The van der Waals surface area contributed by atoms with E-state index >= 15 is 0 Å². The summed E-state index contributed by atoms with van der Waals surface area (Å²) in [6.07, 6.45) is 8.93. The molecule has 0 aliphatic carbocycles. The van der Waals surface area contributed by atoms with Crippen LogP contribution in [0.15, 0.2) is 18.7 Å². The zero-order valence-electron chi connectivity index (χ0n) is 4.78. The van der Waals surface area contributed by atoms with E-state index < -0.39 is 0 Å². The van der Waals surface area contributed by atoms with Crippen molar-refractivity contribution in [2.45, 2.75) is 19.8 Å². The lowest BCUT2D eigenvalue weighted by Crippen LogP contribution is -1.54. The van der Waals surface area contributed by atoms with Gasteiger partial charge in [0.2, 0.25) is 0 Å². The van der Waals surface area contributed by atoms with Crippen LogP contribution in [0.25, 0.3) is 0 Å². The van der Waals surface area contributed by atoms with E-state index in [0.717, 1.165) is 12.8 Å². The van der Waals surface area contributed by atoms with E-state index in [1.54, 1.807) is 0 Å². The Morgan fingerprint density at radius 1 is 1.57 bits per heavy atom. The summed E-state index contributed by atoms with van der Waals surface area (Å²) in [4.78, 5) is 0. The molecule has 0 N–H and O–H groups in total. The van der Waals surface area contributed by atoms with Gasteiger partial charge in [-0.2, -0.15) is 0 Å². The second-order valence-electron chi connectivity index (χ2n) is 1.33. The zero-order valence-corrected chi connectivity index (χ0v) is 4.78. The van der Waals surface area contributed by atoms with E-state index in [4.69, 9.17) is 0 Å². The Bertz CT molecular complexity index is 60.4. The smallest absolute Gasteiger partial charge is 0.0101 e. The molecule has 0 amide bonds. The molecule has 0 bridgehead atoms. The summed E-state index contributed by atoms with van der Waals surface area (Å²) in [5, 5.41) is 0. The highest BCUT2D eigenvalue weighted by molar-refractivity contribution is 4.83. The van der Waals surface area contributed by atoms with E-state index in [9.17, 15) is 0 Å². The van der Waals surface area contributed by atoms with Gasteiger partial charge < -0.3 is 0 Å². The van der Waals surface area contributed by atoms with Gasteiger partial charge in [0.05, 0.1) is 0 Å². The molecule has 1 radical (unpaired) electrons. The van der Waals surface area contributed by atoms with Crippen molar-refractivity contribution >= 4 is 0 Å². The number of allylic oxidation sites excluding steroid dienone is 3. The Hall–Kier alpha value is -0.520. The fraction of sp³-hybridized carbons (Fsp3) is 0.429. The minimum absolute atomic E-state index is 0.883. The third-order valence-electron chi connectivity index (χ3n) is 0.665. The SMILES string of the molecule is C=[C]C/C=C/CC. The molecule has 0 atom stereocenters. The average molecular weight is 95.2 g/mol. The van der Waals surface area contributed by atoms with Crippen LogP contribution < -0.4 is 0 Å². The highest BCUT2D eigenvalue weighted by Crippen LogP contribution is 1.83. The van der Waals surface area contributed by atoms with Crippen molar-refractivity contribution < 1.29 is 0 Å². The molecule has 0 saturated heterocycles. The molecule has 0 spiro atoms. The summed E-state index contributed by atoms with van der Waals surface area (Å²) in [6.45, 7) is 5.57. The molecule has 0 aromatic heterocycles. The molecule has 0 rings (SSSR count). The van der Waals surface area contributed by atoms with Gasteiger partial charge >= 0.3 is 0 Å². The van der Waals surface area contributed by atoms with Crippen molar-refractivity contribution in [2.75, 3.05) is 0 Å². The summed E-state index contributed by atoms with van der Waals surface area (Å²) in [5.41, 5.74) is 0. The summed E-state index contributed by atoms with van der Waals surface area (Å²) >= 11 is 0. The van der Waals surface area contributed by atoms with Gasteiger partial charge in [-0.25, -0.2) is 0 Å². The van der Waals surface area contributed by atoms with Crippen LogP contribution in [0.4, 0.5) is 0 Å². The second kappa shape index (κ2) is 5.48. The molecule has 0 aliphatic rings. The van der Waals surface area contributed by atoms with Crippen LogP contribution in [0.1, 0.15) is 19.8 Å². The number of hydrogen-bond donors (Lipinski definition) is 0. The van der Waals surface area contributed by atoms with Gasteiger partial charge in [0.1, 0.15) is 0 Å². The predicted octanol–water partition coefficient (Wildman–Crippen LogP) is 2.33. The molecule has 0 unspecified atom stereocenters. The maximum absolute atomic E-state index is 3.46. The quantitative estimate of drug-likeness (QED) is 0.472. The van der Waals surface area contributed by atoms with Crippen LogP contribution in [0.3, 0.4) is 0 Å².